The van der Waals surface area contributed by atoms with Crippen LogP contribution >= 0.6 is 11.6 Å². The molecule has 0 saturated carbocycles. The molecule has 0 aliphatic rings. The molecular weight excluding hydrogens is 391 g/mol. The van der Waals surface area contributed by atoms with Crippen LogP contribution in [-0.2, 0) is 4.79 Å². The largest absolute Gasteiger partial charge is 0.423 e. The average molecular weight is 407 g/mol. The second kappa shape index (κ2) is 9.62. The van der Waals surface area contributed by atoms with Crippen molar-refractivity contribution >= 4 is 35.5 Å². The summed E-state index contributed by atoms with van der Waals surface area (Å²) in [4.78, 5) is 24.2. The number of ether oxygens (including phenoxy) is 1. The number of rotatable bonds is 6. The van der Waals surface area contributed by atoms with E-state index in [1.165, 1.54) is 54.6 Å². The third-order valence-electron chi connectivity index (χ3n) is 3.97. The molecule has 0 aliphatic heterocycles. The average Bonchev–Trinajstić information content (AvgIpc) is 2.73. The Morgan fingerprint density at radius 3 is 2.24 bits per heavy atom. The molecule has 0 aliphatic carbocycles. The van der Waals surface area contributed by atoms with E-state index in [0.29, 0.717) is 11.3 Å². The summed E-state index contributed by atoms with van der Waals surface area (Å²) in [5.41, 5.74) is 1.40. The quantitative estimate of drug-likeness (QED) is 0.218. The van der Waals surface area contributed by atoms with E-state index in [9.17, 15) is 14.0 Å². The number of hydrogen-bond acceptors (Lipinski definition) is 3. The molecule has 0 saturated heterocycles. The third kappa shape index (κ3) is 5.74. The van der Waals surface area contributed by atoms with E-state index in [2.05, 4.69) is 0 Å². The Kier molecular flexibility index (Phi) is 6.72. The Morgan fingerprint density at radius 2 is 1.55 bits per heavy atom. The van der Waals surface area contributed by atoms with Gasteiger partial charge in [-0.1, -0.05) is 48.0 Å². The highest BCUT2D eigenvalue weighted by atomic mass is 35.5. The van der Waals surface area contributed by atoms with Gasteiger partial charge in [-0.2, -0.15) is 0 Å². The molecule has 0 unspecified atom stereocenters. The maximum absolute atomic E-state index is 13.7. The zero-order valence-corrected chi connectivity index (χ0v) is 16.0. The van der Waals surface area contributed by atoms with Crippen LogP contribution in [0.15, 0.2) is 84.9 Å². The maximum atomic E-state index is 13.7. The lowest BCUT2D eigenvalue weighted by atomic mass is 10.1. The number of ketones is 1. The summed E-state index contributed by atoms with van der Waals surface area (Å²) in [6.45, 7) is 0. The van der Waals surface area contributed by atoms with Crippen LogP contribution in [0, 0.1) is 5.82 Å². The van der Waals surface area contributed by atoms with Crippen LogP contribution in [0.25, 0.3) is 12.2 Å². The van der Waals surface area contributed by atoms with E-state index >= 15 is 0 Å². The number of carbonyl (C=O) groups is 2. The second-order valence-electron chi connectivity index (χ2n) is 6.02. The van der Waals surface area contributed by atoms with Crippen molar-refractivity contribution in [3.05, 3.63) is 112 Å². The van der Waals surface area contributed by atoms with Gasteiger partial charge in [-0.3, -0.25) is 4.79 Å². The van der Waals surface area contributed by atoms with Crippen LogP contribution in [0.5, 0.6) is 5.75 Å². The fourth-order valence-electron chi connectivity index (χ4n) is 2.49. The van der Waals surface area contributed by atoms with Crippen LogP contribution in [-0.4, -0.2) is 11.8 Å². The highest BCUT2D eigenvalue weighted by Gasteiger charge is 2.07. The van der Waals surface area contributed by atoms with Crippen LogP contribution < -0.4 is 4.74 Å². The van der Waals surface area contributed by atoms with E-state index in [0.717, 1.165) is 5.56 Å². The molecule has 3 rings (SSSR count). The van der Waals surface area contributed by atoms with Crippen molar-refractivity contribution in [1.29, 1.82) is 0 Å². The first-order chi connectivity index (χ1) is 14.0. The SMILES string of the molecule is O=C(/C=C/c1ccccc1)Oc1ccc(C(=O)/C=C/c2c(F)cccc2Cl)cc1. The number of benzene rings is 3. The molecule has 3 aromatic rings. The van der Waals surface area contributed by atoms with E-state index in [4.69, 9.17) is 16.3 Å². The van der Waals surface area contributed by atoms with Gasteiger partial charge in [0, 0.05) is 17.2 Å². The Bertz CT molecular complexity index is 1050. The fraction of sp³-hybridized carbons (Fsp3) is 0. The van der Waals surface area contributed by atoms with Gasteiger partial charge in [0.15, 0.2) is 5.78 Å². The number of halogens is 2. The van der Waals surface area contributed by atoms with E-state index < -0.39 is 11.8 Å². The Labute approximate surface area is 172 Å². The van der Waals surface area contributed by atoms with Crippen molar-refractivity contribution in [2.24, 2.45) is 0 Å². The molecule has 144 valence electrons. The predicted molar refractivity (Wildman–Crippen MR) is 112 cm³/mol. The van der Waals surface area contributed by atoms with E-state index in [-0.39, 0.29) is 16.4 Å². The number of hydrogen-bond donors (Lipinski definition) is 0. The van der Waals surface area contributed by atoms with Crippen molar-refractivity contribution in [3.8, 4) is 5.75 Å². The first-order valence-corrected chi connectivity index (χ1v) is 9.12. The number of esters is 1. The Morgan fingerprint density at radius 1 is 0.828 bits per heavy atom. The van der Waals surface area contributed by atoms with Gasteiger partial charge in [-0.25, -0.2) is 9.18 Å². The summed E-state index contributed by atoms with van der Waals surface area (Å²) in [6.07, 6.45) is 5.56. The summed E-state index contributed by atoms with van der Waals surface area (Å²) < 4.78 is 19.0. The van der Waals surface area contributed by atoms with E-state index in [1.54, 1.807) is 12.1 Å². The molecular formula is C24H16ClFO3. The standard InChI is InChI=1S/C24H16ClFO3/c25-21-7-4-8-22(26)20(21)14-15-23(27)18-10-12-19(13-11-18)29-24(28)16-9-17-5-2-1-3-6-17/h1-16H/b15-14+,16-9+. The smallest absolute Gasteiger partial charge is 0.336 e. The summed E-state index contributed by atoms with van der Waals surface area (Å²) >= 11 is 5.94. The predicted octanol–water partition coefficient (Wildman–Crippen LogP) is 5.99. The summed E-state index contributed by atoms with van der Waals surface area (Å²) in [6, 6.07) is 19.8. The van der Waals surface area contributed by atoms with E-state index in [1.807, 2.05) is 30.3 Å². The zero-order valence-electron chi connectivity index (χ0n) is 15.2. The monoisotopic (exact) mass is 406 g/mol. The molecule has 0 bridgehead atoms. The minimum atomic E-state index is -0.526. The molecule has 0 fully saturated rings. The summed E-state index contributed by atoms with van der Waals surface area (Å²) in [5.74, 6) is -1.05. The molecule has 0 N–H and O–H groups in total. The van der Waals surface area contributed by atoms with Crippen molar-refractivity contribution in [1.82, 2.24) is 0 Å². The van der Waals surface area contributed by atoms with Crippen LogP contribution in [0.2, 0.25) is 5.02 Å². The molecule has 3 aromatic carbocycles. The van der Waals surface area contributed by atoms with Gasteiger partial charge >= 0.3 is 5.97 Å². The third-order valence-corrected chi connectivity index (χ3v) is 4.30. The first kappa shape index (κ1) is 20.2. The zero-order chi connectivity index (χ0) is 20.6. The molecule has 0 amide bonds. The highest BCUT2D eigenvalue weighted by Crippen LogP contribution is 2.21. The van der Waals surface area contributed by atoms with Gasteiger partial charge in [0.05, 0.1) is 5.02 Å². The molecule has 5 heteroatoms. The van der Waals surface area contributed by atoms with Gasteiger partial charge in [-0.15, -0.1) is 0 Å². The normalized spacial score (nSPS) is 11.1. The second-order valence-corrected chi connectivity index (χ2v) is 6.43. The molecule has 0 radical (unpaired) electrons. The minimum absolute atomic E-state index is 0.151. The Hall–Kier alpha value is -3.50. The maximum Gasteiger partial charge on any atom is 0.336 e. The topological polar surface area (TPSA) is 43.4 Å². The van der Waals surface area contributed by atoms with Gasteiger partial charge in [0.25, 0.3) is 0 Å². The number of allylic oxidation sites excluding steroid dienone is 1. The fourth-order valence-corrected chi connectivity index (χ4v) is 2.72. The highest BCUT2D eigenvalue weighted by molar-refractivity contribution is 6.32. The van der Waals surface area contributed by atoms with Crippen LogP contribution in [0.1, 0.15) is 21.5 Å². The first-order valence-electron chi connectivity index (χ1n) is 8.74. The molecule has 29 heavy (non-hydrogen) atoms. The van der Waals surface area contributed by atoms with Crippen molar-refractivity contribution in [2.75, 3.05) is 0 Å². The Balaban J connectivity index is 1.62. The summed E-state index contributed by atoms with van der Waals surface area (Å²) in [5, 5.41) is 0.222. The van der Waals surface area contributed by atoms with Gasteiger partial charge in [0.1, 0.15) is 11.6 Å². The lowest BCUT2D eigenvalue weighted by molar-refractivity contribution is -0.128. The summed E-state index contributed by atoms with van der Waals surface area (Å²) in [7, 11) is 0. The molecule has 0 atom stereocenters. The molecule has 0 heterocycles. The molecule has 0 spiro atoms. The van der Waals surface area contributed by atoms with Gasteiger partial charge in [0.2, 0.25) is 0 Å². The van der Waals surface area contributed by atoms with Crippen molar-refractivity contribution in [3.63, 3.8) is 0 Å². The molecule has 0 aromatic heterocycles. The lowest BCUT2D eigenvalue weighted by Gasteiger charge is -2.03. The van der Waals surface area contributed by atoms with Gasteiger partial charge < -0.3 is 4.74 Å². The van der Waals surface area contributed by atoms with Gasteiger partial charge in [-0.05, 0) is 60.2 Å². The minimum Gasteiger partial charge on any atom is -0.423 e. The number of carbonyl (C=O) groups excluding carboxylic acids is 2. The lowest BCUT2D eigenvalue weighted by Crippen LogP contribution is -2.04. The van der Waals surface area contributed by atoms with Crippen molar-refractivity contribution in [2.45, 2.75) is 0 Å². The van der Waals surface area contributed by atoms with Crippen LogP contribution in [0.4, 0.5) is 4.39 Å². The molecule has 3 nitrogen and oxygen atoms in total. The van der Waals surface area contributed by atoms with Crippen molar-refractivity contribution < 1.29 is 18.7 Å². The van der Waals surface area contributed by atoms with Crippen LogP contribution in [0.3, 0.4) is 0 Å².